The van der Waals surface area contributed by atoms with Crippen molar-refractivity contribution in [3.63, 3.8) is 0 Å². The van der Waals surface area contributed by atoms with E-state index in [0.717, 1.165) is 21.4 Å². The van der Waals surface area contributed by atoms with E-state index in [1.807, 2.05) is 42.1 Å². The molecule has 3 nitrogen and oxygen atoms in total. The van der Waals surface area contributed by atoms with Gasteiger partial charge in [0, 0.05) is 16.4 Å². The lowest BCUT2D eigenvalue weighted by Crippen LogP contribution is -2.03. The minimum absolute atomic E-state index is 0.715. The number of aromatic nitrogens is 2. The van der Waals surface area contributed by atoms with E-state index in [0.29, 0.717) is 6.54 Å². The second kappa shape index (κ2) is 4.06. The Morgan fingerprint density at radius 2 is 2.20 bits per heavy atom. The Morgan fingerprint density at radius 3 is 2.80 bits per heavy atom. The molecule has 2 rings (SSSR count). The normalized spacial score (nSPS) is 10.5. The van der Waals surface area contributed by atoms with Crippen LogP contribution in [0.2, 0.25) is 0 Å². The molecule has 0 aliphatic heterocycles. The third-order valence-corrected chi connectivity index (χ3v) is 2.71. The van der Waals surface area contributed by atoms with Crippen molar-refractivity contribution >= 4 is 21.6 Å². The van der Waals surface area contributed by atoms with E-state index in [4.69, 9.17) is 5.73 Å². The van der Waals surface area contributed by atoms with Crippen molar-refractivity contribution in [2.24, 2.45) is 0 Å². The number of anilines is 1. The molecule has 1 heterocycles. The van der Waals surface area contributed by atoms with Crippen LogP contribution in [0.1, 0.15) is 11.3 Å². The van der Waals surface area contributed by atoms with Gasteiger partial charge in [0.25, 0.3) is 0 Å². The first-order valence-corrected chi connectivity index (χ1v) is 5.48. The highest BCUT2D eigenvalue weighted by atomic mass is 79.9. The first kappa shape index (κ1) is 10.2. The molecule has 2 N–H and O–H groups in total. The van der Waals surface area contributed by atoms with Gasteiger partial charge in [-0.1, -0.05) is 22.0 Å². The Bertz CT molecular complexity index is 476. The molecule has 1 aromatic carbocycles. The average Bonchev–Trinajstić information content (AvgIpc) is 2.56. The largest absolute Gasteiger partial charge is 0.398 e. The van der Waals surface area contributed by atoms with E-state index in [9.17, 15) is 0 Å². The smallest absolute Gasteiger partial charge is 0.0679 e. The van der Waals surface area contributed by atoms with Crippen molar-refractivity contribution in [3.05, 3.63) is 46.2 Å². The third-order valence-electron chi connectivity index (χ3n) is 2.21. The summed E-state index contributed by atoms with van der Waals surface area (Å²) in [6.07, 6.45) is 1.96. The number of halogens is 1. The average molecular weight is 266 g/mol. The molecule has 0 amide bonds. The van der Waals surface area contributed by atoms with Gasteiger partial charge in [0.1, 0.15) is 0 Å². The number of aryl methyl sites for hydroxylation is 1. The highest BCUT2D eigenvalue weighted by Crippen LogP contribution is 2.19. The van der Waals surface area contributed by atoms with Crippen molar-refractivity contribution < 1.29 is 0 Å². The summed E-state index contributed by atoms with van der Waals surface area (Å²) in [4.78, 5) is 0. The van der Waals surface area contributed by atoms with Crippen LogP contribution in [0.5, 0.6) is 0 Å². The monoisotopic (exact) mass is 265 g/mol. The van der Waals surface area contributed by atoms with Gasteiger partial charge in [0.15, 0.2) is 0 Å². The topological polar surface area (TPSA) is 43.8 Å². The van der Waals surface area contributed by atoms with E-state index in [2.05, 4.69) is 21.0 Å². The van der Waals surface area contributed by atoms with E-state index < -0.39 is 0 Å². The lowest BCUT2D eigenvalue weighted by atomic mass is 10.2. The minimum Gasteiger partial charge on any atom is -0.398 e. The van der Waals surface area contributed by atoms with E-state index >= 15 is 0 Å². The molecule has 0 bridgehead atoms. The maximum absolute atomic E-state index is 5.90. The number of benzene rings is 1. The number of nitrogens with two attached hydrogens (primary N) is 1. The zero-order chi connectivity index (χ0) is 10.8. The Kier molecular flexibility index (Phi) is 2.77. The second-order valence-corrected chi connectivity index (χ2v) is 4.41. The summed E-state index contributed by atoms with van der Waals surface area (Å²) in [5, 5.41) is 4.32. The molecule has 15 heavy (non-hydrogen) atoms. The number of nitrogens with zero attached hydrogens (tertiary/aromatic N) is 2. The van der Waals surface area contributed by atoms with Crippen LogP contribution in [0.25, 0.3) is 0 Å². The van der Waals surface area contributed by atoms with Crippen LogP contribution in [0.15, 0.2) is 34.9 Å². The first-order chi connectivity index (χ1) is 7.15. The van der Waals surface area contributed by atoms with Crippen molar-refractivity contribution in [2.45, 2.75) is 13.5 Å². The van der Waals surface area contributed by atoms with Crippen LogP contribution in [0, 0.1) is 6.92 Å². The molecule has 78 valence electrons. The predicted molar refractivity (Wildman–Crippen MR) is 64.6 cm³/mol. The molecule has 0 saturated heterocycles. The van der Waals surface area contributed by atoms with Crippen molar-refractivity contribution in [3.8, 4) is 0 Å². The van der Waals surface area contributed by atoms with Crippen LogP contribution >= 0.6 is 15.9 Å². The summed E-state index contributed by atoms with van der Waals surface area (Å²) in [6, 6.07) is 7.89. The lowest BCUT2D eigenvalue weighted by molar-refractivity contribution is 0.680. The van der Waals surface area contributed by atoms with Crippen molar-refractivity contribution in [1.29, 1.82) is 0 Å². The zero-order valence-corrected chi connectivity index (χ0v) is 10.0. The van der Waals surface area contributed by atoms with E-state index in [1.165, 1.54) is 0 Å². The fraction of sp³-hybridized carbons (Fsp3) is 0.182. The van der Waals surface area contributed by atoms with E-state index in [1.54, 1.807) is 0 Å². The van der Waals surface area contributed by atoms with Crippen LogP contribution in [0.3, 0.4) is 0 Å². The molecule has 0 aliphatic carbocycles. The fourth-order valence-corrected chi connectivity index (χ4v) is 1.81. The van der Waals surface area contributed by atoms with Gasteiger partial charge in [-0.25, -0.2) is 0 Å². The quantitative estimate of drug-likeness (QED) is 0.849. The maximum Gasteiger partial charge on any atom is 0.0679 e. The van der Waals surface area contributed by atoms with Gasteiger partial charge >= 0.3 is 0 Å². The van der Waals surface area contributed by atoms with Gasteiger partial charge in [-0.05, 0) is 30.7 Å². The highest BCUT2D eigenvalue weighted by molar-refractivity contribution is 9.10. The van der Waals surface area contributed by atoms with Gasteiger partial charge in [0.2, 0.25) is 0 Å². The van der Waals surface area contributed by atoms with Crippen LogP contribution in [0.4, 0.5) is 5.69 Å². The molecule has 0 radical (unpaired) electrons. The Morgan fingerprint density at radius 1 is 1.40 bits per heavy atom. The van der Waals surface area contributed by atoms with E-state index in [-0.39, 0.29) is 0 Å². The van der Waals surface area contributed by atoms with Crippen LogP contribution in [-0.4, -0.2) is 9.78 Å². The molecule has 1 aromatic heterocycles. The van der Waals surface area contributed by atoms with Crippen molar-refractivity contribution in [1.82, 2.24) is 9.78 Å². The van der Waals surface area contributed by atoms with Crippen LogP contribution < -0.4 is 5.73 Å². The molecule has 2 aromatic rings. The molecule has 0 fully saturated rings. The fourth-order valence-electron chi connectivity index (χ4n) is 1.44. The van der Waals surface area contributed by atoms with Gasteiger partial charge in [-0.15, -0.1) is 0 Å². The lowest BCUT2D eigenvalue weighted by Gasteiger charge is -2.06. The van der Waals surface area contributed by atoms with Gasteiger partial charge in [-0.2, -0.15) is 5.10 Å². The molecule has 0 aliphatic rings. The molecular formula is C11H12BrN3. The standard InChI is InChI=1S/C11H12BrN3/c1-8-4-5-15(14-8)7-9-2-3-10(12)6-11(9)13/h2-6H,7,13H2,1H3. The summed E-state index contributed by atoms with van der Waals surface area (Å²) in [5.41, 5.74) is 8.80. The summed E-state index contributed by atoms with van der Waals surface area (Å²) in [5.74, 6) is 0. The molecular weight excluding hydrogens is 254 g/mol. The summed E-state index contributed by atoms with van der Waals surface area (Å²) >= 11 is 3.38. The molecule has 4 heteroatoms. The predicted octanol–water partition coefficient (Wildman–Crippen LogP) is 2.58. The maximum atomic E-state index is 5.90. The summed E-state index contributed by atoms with van der Waals surface area (Å²) < 4.78 is 2.88. The Hall–Kier alpha value is -1.29. The number of rotatable bonds is 2. The number of hydrogen-bond acceptors (Lipinski definition) is 2. The molecule has 0 unspecified atom stereocenters. The summed E-state index contributed by atoms with van der Waals surface area (Å²) in [6.45, 7) is 2.69. The van der Waals surface area contributed by atoms with Crippen molar-refractivity contribution in [2.75, 3.05) is 5.73 Å². The minimum atomic E-state index is 0.715. The molecule has 0 spiro atoms. The number of hydrogen-bond donors (Lipinski definition) is 1. The van der Waals surface area contributed by atoms with Gasteiger partial charge < -0.3 is 5.73 Å². The summed E-state index contributed by atoms with van der Waals surface area (Å²) in [7, 11) is 0. The van der Waals surface area contributed by atoms with Gasteiger partial charge in [0.05, 0.1) is 12.2 Å². The number of nitrogen functional groups attached to an aromatic ring is 1. The Balaban J connectivity index is 2.24. The zero-order valence-electron chi connectivity index (χ0n) is 8.44. The highest BCUT2D eigenvalue weighted by Gasteiger charge is 2.01. The van der Waals surface area contributed by atoms with Gasteiger partial charge in [-0.3, -0.25) is 4.68 Å². The third kappa shape index (κ3) is 2.39. The van der Waals surface area contributed by atoms with Crippen LogP contribution in [-0.2, 0) is 6.54 Å². The Labute approximate surface area is 97.0 Å². The second-order valence-electron chi connectivity index (χ2n) is 3.50. The molecule has 0 saturated carbocycles. The first-order valence-electron chi connectivity index (χ1n) is 4.69. The SMILES string of the molecule is Cc1ccn(Cc2ccc(Br)cc2N)n1. The molecule has 0 atom stereocenters.